The smallest absolute Gasteiger partial charge is 0.293 e. The van der Waals surface area contributed by atoms with Crippen LogP contribution in [-0.2, 0) is 11.3 Å². The lowest BCUT2D eigenvalue weighted by Crippen LogP contribution is -2.45. The first-order chi connectivity index (χ1) is 14.7. The monoisotopic (exact) mass is 421 g/mol. The third kappa shape index (κ3) is 3.89. The number of nitrogens with zero attached hydrogens (tertiary/aromatic N) is 5. The van der Waals surface area contributed by atoms with Gasteiger partial charge in [-0.25, -0.2) is 9.36 Å². The molecule has 0 atom stereocenters. The SMILES string of the molecule is Cc1ccc(-n2ncc3c(C4CC4)nn(CC(=O)N(C(C)C)C(C)C)c(=O)c32)c(C)c1. The van der Waals surface area contributed by atoms with Crippen molar-refractivity contribution in [1.82, 2.24) is 24.5 Å². The maximum atomic E-state index is 13.5. The Morgan fingerprint density at radius 3 is 2.42 bits per heavy atom. The van der Waals surface area contributed by atoms with E-state index < -0.39 is 0 Å². The Labute approximate surface area is 182 Å². The van der Waals surface area contributed by atoms with Crippen LogP contribution in [0.2, 0.25) is 0 Å². The highest BCUT2D eigenvalue weighted by molar-refractivity contribution is 5.83. The number of carbonyl (C=O) groups excluding carboxylic acids is 1. The number of rotatable bonds is 6. The predicted octanol–water partition coefficient (Wildman–Crippen LogP) is 3.72. The lowest BCUT2D eigenvalue weighted by Gasteiger charge is -2.30. The van der Waals surface area contributed by atoms with Crippen LogP contribution in [-0.4, -0.2) is 42.5 Å². The summed E-state index contributed by atoms with van der Waals surface area (Å²) < 4.78 is 3.06. The summed E-state index contributed by atoms with van der Waals surface area (Å²) in [4.78, 5) is 28.4. The molecular weight excluding hydrogens is 390 g/mol. The van der Waals surface area contributed by atoms with E-state index in [1.807, 2.05) is 53.7 Å². The van der Waals surface area contributed by atoms with Gasteiger partial charge in [-0.3, -0.25) is 9.59 Å². The first kappa shape index (κ1) is 21.3. The van der Waals surface area contributed by atoms with Crippen LogP contribution < -0.4 is 5.56 Å². The van der Waals surface area contributed by atoms with E-state index in [0.717, 1.165) is 40.7 Å². The van der Waals surface area contributed by atoms with Gasteiger partial charge in [0, 0.05) is 23.4 Å². The van der Waals surface area contributed by atoms with Gasteiger partial charge in [-0.05, 0) is 66.0 Å². The minimum atomic E-state index is -0.280. The van der Waals surface area contributed by atoms with Gasteiger partial charge in [0.2, 0.25) is 5.91 Å². The number of amides is 1. The predicted molar refractivity (Wildman–Crippen MR) is 122 cm³/mol. The molecule has 1 aromatic carbocycles. The van der Waals surface area contributed by atoms with E-state index in [-0.39, 0.29) is 30.1 Å². The third-order valence-electron chi connectivity index (χ3n) is 5.94. The van der Waals surface area contributed by atoms with Crippen LogP contribution in [0.5, 0.6) is 0 Å². The van der Waals surface area contributed by atoms with Crippen molar-refractivity contribution in [2.75, 3.05) is 0 Å². The van der Waals surface area contributed by atoms with Crippen molar-refractivity contribution in [1.29, 1.82) is 0 Å². The van der Waals surface area contributed by atoms with Crippen molar-refractivity contribution >= 4 is 16.8 Å². The number of fused-ring (bicyclic) bond motifs is 1. The van der Waals surface area contributed by atoms with Gasteiger partial charge < -0.3 is 4.90 Å². The highest BCUT2D eigenvalue weighted by atomic mass is 16.2. The molecule has 0 spiro atoms. The van der Waals surface area contributed by atoms with E-state index in [2.05, 4.69) is 16.3 Å². The summed E-state index contributed by atoms with van der Waals surface area (Å²) in [6.45, 7) is 11.9. The van der Waals surface area contributed by atoms with Crippen molar-refractivity contribution in [3.63, 3.8) is 0 Å². The van der Waals surface area contributed by atoms with Crippen molar-refractivity contribution in [3.8, 4) is 5.69 Å². The fourth-order valence-corrected chi connectivity index (χ4v) is 4.47. The first-order valence-corrected chi connectivity index (χ1v) is 11.1. The van der Waals surface area contributed by atoms with E-state index in [1.165, 1.54) is 4.68 Å². The Balaban J connectivity index is 1.87. The number of hydrogen-bond acceptors (Lipinski definition) is 4. The second-order valence-electron chi connectivity index (χ2n) is 9.22. The second-order valence-corrected chi connectivity index (χ2v) is 9.22. The average molecular weight is 422 g/mol. The van der Waals surface area contributed by atoms with Gasteiger partial charge in [-0.2, -0.15) is 10.2 Å². The van der Waals surface area contributed by atoms with Gasteiger partial charge in [-0.1, -0.05) is 17.7 Å². The molecule has 2 heterocycles. The Bertz CT molecular complexity index is 1190. The molecule has 0 aliphatic heterocycles. The van der Waals surface area contributed by atoms with E-state index >= 15 is 0 Å². The van der Waals surface area contributed by atoms with Crippen molar-refractivity contribution < 1.29 is 4.79 Å². The fraction of sp³-hybridized carbons (Fsp3) is 0.500. The normalized spacial score (nSPS) is 14.1. The maximum Gasteiger partial charge on any atom is 0.293 e. The van der Waals surface area contributed by atoms with Gasteiger partial charge in [0.25, 0.3) is 5.56 Å². The van der Waals surface area contributed by atoms with Crippen LogP contribution in [0.3, 0.4) is 0 Å². The third-order valence-corrected chi connectivity index (χ3v) is 5.94. The maximum absolute atomic E-state index is 13.5. The molecule has 1 fully saturated rings. The van der Waals surface area contributed by atoms with E-state index in [4.69, 9.17) is 0 Å². The number of carbonyl (C=O) groups is 1. The standard InChI is InChI=1S/C24H31N5O2/c1-14(2)28(15(3)4)21(30)13-27-24(31)23-19(22(26-27)18-8-9-18)12-25-29(23)20-10-7-16(5)11-17(20)6/h7,10-12,14-15,18H,8-9,13H2,1-6H3. The summed E-state index contributed by atoms with van der Waals surface area (Å²) in [6.07, 6.45) is 3.84. The van der Waals surface area contributed by atoms with Gasteiger partial charge in [-0.15, -0.1) is 0 Å². The van der Waals surface area contributed by atoms with Crippen LogP contribution in [0, 0.1) is 13.8 Å². The topological polar surface area (TPSA) is 73.0 Å². The zero-order valence-electron chi connectivity index (χ0n) is 19.2. The Morgan fingerprint density at radius 2 is 1.84 bits per heavy atom. The lowest BCUT2D eigenvalue weighted by atomic mass is 10.1. The molecule has 7 nitrogen and oxygen atoms in total. The molecule has 1 amide bonds. The van der Waals surface area contributed by atoms with E-state index in [0.29, 0.717) is 11.4 Å². The molecule has 4 rings (SSSR count). The van der Waals surface area contributed by atoms with E-state index in [1.54, 1.807) is 15.8 Å². The van der Waals surface area contributed by atoms with Crippen molar-refractivity contribution in [3.05, 3.63) is 51.6 Å². The molecule has 7 heteroatoms. The summed E-state index contributed by atoms with van der Waals surface area (Å²) in [7, 11) is 0. The zero-order chi connectivity index (χ0) is 22.4. The zero-order valence-corrected chi connectivity index (χ0v) is 19.2. The number of aromatic nitrogens is 4. The molecule has 0 N–H and O–H groups in total. The molecule has 3 aromatic rings. The molecule has 0 radical (unpaired) electrons. The molecular formula is C24H31N5O2. The highest BCUT2D eigenvalue weighted by Crippen LogP contribution is 2.41. The van der Waals surface area contributed by atoms with Crippen LogP contribution in [0.4, 0.5) is 0 Å². The van der Waals surface area contributed by atoms with Gasteiger partial charge in [0.1, 0.15) is 12.1 Å². The summed E-state index contributed by atoms with van der Waals surface area (Å²) in [6, 6.07) is 6.19. The lowest BCUT2D eigenvalue weighted by molar-refractivity contribution is -0.135. The number of aryl methyl sites for hydroxylation is 2. The van der Waals surface area contributed by atoms with Crippen LogP contribution >= 0.6 is 0 Å². The van der Waals surface area contributed by atoms with Crippen LogP contribution in [0.1, 0.15) is 63.3 Å². The molecule has 0 unspecified atom stereocenters. The quantitative estimate of drug-likeness (QED) is 0.608. The number of hydrogen-bond donors (Lipinski definition) is 0. The fourth-order valence-electron chi connectivity index (χ4n) is 4.47. The molecule has 164 valence electrons. The molecule has 1 aliphatic carbocycles. The Hall–Kier alpha value is -2.96. The number of benzene rings is 1. The largest absolute Gasteiger partial charge is 0.336 e. The van der Waals surface area contributed by atoms with Gasteiger partial charge >= 0.3 is 0 Å². The van der Waals surface area contributed by atoms with Crippen molar-refractivity contribution in [2.24, 2.45) is 0 Å². The molecule has 1 aliphatic rings. The first-order valence-electron chi connectivity index (χ1n) is 11.1. The molecule has 1 saturated carbocycles. The molecule has 0 saturated heterocycles. The minimum Gasteiger partial charge on any atom is -0.336 e. The highest BCUT2D eigenvalue weighted by Gasteiger charge is 2.31. The Morgan fingerprint density at radius 1 is 1.16 bits per heavy atom. The second kappa shape index (κ2) is 7.94. The van der Waals surface area contributed by atoms with Crippen LogP contribution in [0.25, 0.3) is 16.6 Å². The van der Waals surface area contributed by atoms with Crippen molar-refractivity contribution in [2.45, 2.75) is 78.9 Å². The summed E-state index contributed by atoms with van der Waals surface area (Å²) in [5.74, 6) is 0.228. The Kier molecular flexibility index (Phi) is 5.45. The van der Waals surface area contributed by atoms with Gasteiger partial charge in [0.15, 0.2) is 0 Å². The minimum absolute atomic E-state index is 0.0515. The molecule has 0 bridgehead atoms. The van der Waals surface area contributed by atoms with Crippen LogP contribution in [0.15, 0.2) is 29.2 Å². The summed E-state index contributed by atoms with van der Waals surface area (Å²) in [5, 5.41) is 10.0. The molecule has 2 aromatic heterocycles. The molecule has 31 heavy (non-hydrogen) atoms. The van der Waals surface area contributed by atoms with E-state index in [9.17, 15) is 9.59 Å². The average Bonchev–Trinajstić information content (AvgIpc) is 3.42. The summed E-state index contributed by atoms with van der Waals surface area (Å²) in [5.41, 5.74) is 4.16. The summed E-state index contributed by atoms with van der Waals surface area (Å²) >= 11 is 0. The van der Waals surface area contributed by atoms with Gasteiger partial charge in [0.05, 0.1) is 17.6 Å².